The molecular weight excluding hydrogens is 288 g/mol. The number of hydrogen-bond donors (Lipinski definition) is 0. The Morgan fingerprint density at radius 3 is 2.71 bits per heavy atom. The third-order valence-electron chi connectivity index (χ3n) is 2.13. The lowest BCUT2D eigenvalue weighted by molar-refractivity contribution is -0.390. The lowest BCUT2D eigenvalue weighted by Crippen LogP contribution is -2.23. The van der Waals surface area contributed by atoms with Crippen LogP contribution < -0.4 is 4.74 Å². The molecule has 0 N–H and O–H groups in total. The SMILES string of the molecule is Cc1ccc(OCC(C)(C)CBr)c([N+](=O)[O-])n1. The average Bonchev–Trinajstić information content (AvgIpc) is 2.27. The molecule has 94 valence electrons. The smallest absolute Gasteiger partial charge is 0.406 e. The van der Waals surface area contributed by atoms with Crippen molar-refractivity contribution < 1.29 is 9.66 Å². The van der Waals surface area contributed by atoms with Crippen molar-refractivity contribution in [3.63, 3.8) is 0 Å². The highest BCUT2D eigenvalue weighted by molar-refractivity contribution is 9.09. The molecule has 0 fully saturated rings. The van der Waals surface area contributed by atoms with Crippen molar-refractivity contribution in [1.29, 1.82) is 0 Å². The van der Waals surface area contributed by atoms with Crippen LogP contribution in [0, 0.1) is 22.5 Å². The quantitative estimate of drug-likeness (QED) is 0.476. The van der Waals surface area contributed by atoms with Crippen molar-refractivity contribution in [3.05, 3.63) is 27.9 Å². The highest BCUT2D eigenvalue weighted by atomic mass is 79.9. The number of ether oxygens (including phenoxy) is 1. The fourth-order valence-electron chi connectivity index (χ4n) is 1.09. The largest absolute Gasteiger partial charge is 0.485 e. The molecule has 0 aromatic carbocycles. The Bertz CT molecular complexity index is 421. The molecule has 0 aliphatic heterocycles. The summed E-state index contributed by atoms with van der Waals surface area (Å²) < 4.78 is 5.47. The maximum Gasteiger partial charge on any atom is 0.406 e. The van der Waals surface area contributed by atoms with Crippen LogP contribution in [0.25, 0.3) is 0 Å². The van der Waals surface area contributed by atoms with E-state index in [0.717, 1.165) is 5.33 Å². The molecule has 6 heteroatoms. The van der Waals surface area contributed by atoms with E-state index in [-0.39, 0.29) is 17.0 Å². The number of alkyl halides is 1. The van der Waals surface area contributed by atoms with Crippen LogP contribution in [0.5, 0.6) is 5.75 Å². The Labute approximate surface area is 108 Å². The standard InChI is InChI=1S/C11H15BrN2O3/c1-8-4-5-9(10(13-8)14(15)16)17-7-11(2,3)6-12/h4-5H,6-7H2,1-3H3. The number of nitro groups is 1. The average molecular weight is 303 g/mol. The van der Waals surface area contributed by atoms with E-state index in [9.17, 15) is 10.1 Å². The van der Waals surface area contributed by atoms with Gasteiger partial charge in [0.2, 0.25) is 5.75 Å². The van der Waals surface area contributed by atoms with E-state index in [4.69, 9.17) is 4.74 Å². The molecule has 0 aliphatic carbocycles. The molecule has 0 spiro atoms. The van der Waals surface area contributed by atoms with E-state index in [0.29, 0.717) is 12.3 Å². The van der Waals surface area contributed by atoms with Crippen molar-refractivity contribution in [1.82, 2.24) is 4.98 Å². The Hall–Kier alpha value is -1.17. The zero-order valence-electron chi connectivity index (χ0n) is 10.1. The van der Waals surface area contributed by atoms with E-state index in [1.54, 1.807) is 19.1 Å². The van der Waals surface area contributed by atoms with Crippen molar-refractivity contribution in [2.24, 2.45) is 5.41 Å². The van der Waals surface area contributed by atoms with Crippen LogP contribution in [0.4, 0.5) is 5.82 Å². The van der Waals surface area contributed by atoms with Crippen LogP contribution in [0.1, 0.15) is 19.5 Å². The topological polar surface area (TPSA) is 65.3 Å². The van der Waals surface area contributed by atoms with Crippen LogP contribution in [0.3, 0.4) is 0 Å². The highest BCUT2D eigenvalue weighted by Gasteiger charge is 2.22. The second kappa shape index (κ2) is 5.44. The van der Waals surface area contributed by atoms with Gasteiger partial charge in [-0.1, -0.05) is 29.8 Å². The van der Waals surface area contributed by atoms with E-state index >= 15 is 0 Å². The molecule has 0 saturated heterocycles. The zero-order valence-corrected chi connectivity index (χ0v) is 11.7. The molecule has 0 bridgehead atoms. The van der Waals surface area contributed by atoms with Gasteiger partial charge in [0, 0.05) is 17.7 Å². The maximum atomic E-state index is 10.8. The molecule has 1 aromatic heterocycles. The van der Waals surface area contributed by atoms with Crippen LogP contribution in [-0.2, 0) is 0 Å². The van der Waals surface area contributed by atoms with E-state index in [2.05, 4.69) is 20.9 Å². The van der Waals surface area contributed by atoms with Gasteiger partial charge in [0.1, 0.15) is 5.69 Å². The van der Waals surface area contributed by atoms with Gasteiger partial charge in [-0.25, -0.2) is 0 Å². The van der Waals surface area contributed by atoms with Gasteiger partial charge in [-0.05, 0) is 22.0 Å². The first-order valence-electron chi connectivity index (χ1n) is 5.16. The van der Waals surface area contributed by atoms with E-state index < -0.39 is 4.92 Å². The first-order valence-corrected chi connectivity index (χ1v) is 6.29. The fraction of sp³-hybridized carbons (Fsp3) is 0.545. The molecule has 0 saturated carbocycles. The van der Waals surface area contributed by atoms with Crippen LogP contribution in [0.15, 0.2) is 12.1 Å². The monoisotopic (exact) mass is 302 g/mol. The predicted molar refractivity (Wildman–Crippen MR) is 68.7 cm³/mol. The van der Waals surface area contributed by atoms with E-state index in [1.807, 2.05) is 13.8 Å². The summed E-state index contributed by atoms with van der Waals surface area (Å²) in [7, 11) is 0. The summed E-state index contributed by atoms with van der Waals surface area (Å²) in [6, 6.07) is 3.29. The van der Waals surface area contributed by atoms with Crippen LogP contribution >= 0.6 is 15.9 Å². The van der Waals surface area contributed by atoms with Crippen LogP contribution in [0.2, 0.25) is 0 Å². The van der Waals surface area contributed by atoms with Gasteiger partial charge in [0.15, 0.2) is 0 Å². The van der Waals surface area contributed by atoms with Gasteiger partial charge < -0.3 is 14.9 Å². The van der Waals surface area contributed by atoms with Gasteiger partial charge in [0.05, 0.1) is 6.61 Å². The first kappa shape index (κ1) is 13.9. The van der Waals surface area contributed by atoms with Gasteiger partial charge in [0.25, 0.3) is 0 Å². The zero-order chi connectivity index (χ0) is 13.1. The molecule has 5 nitrogen and oxygen atoms in total. The molecular formula is C11H15BrN2O3. The van der Waals surface area contributed by atoms with Gasteiger partial charge >= 0.3 is 5.82 Å². The molecule has 0 unspecified atom stereocenters. The highest BCUT2D eigenvalue weighted by Crippen LogP contribution is 2.27. The minimum atomic E-state index is -0.524. The van der Waals surface area contributed by atoms with Crippen molar-refractivity contribution in [2.45, 2.75) is 20.8 Å². The van der Waals surface area contributed by atoms with Crippen molar-refractivity contribution in [3.8, 4) is 5.75 Å². The summed E-state index contributed by atoms with van der Waals surface area (Å²) in [6.07, 6.45) is 0. The molecule has 1 rings (SSSR count). The number of halogens is 1. The van der Waals surface area contributed by atoms with E-state index in [1.165, 1.54) is 0 Å². The summed E-state index contributed by atoms with van der Waals surface area (Å²) >= 11 is 3.37. The lowest BCUT2D eigenvalue weighted by atomic mass is 9.98. The molecule has 0 radical (unpaired) electrons. The number of nitrogens with zero attached hydrogens (tertiary/aromatic N) is 2. The Balaban J connectivity index is 2.88. The number of aryl methyl sites for hydroxylation is 1. The summed E-state index contributed by atoms with van der Waals surface area (Å²) in [4.78, 5) is 14.2. The number of rotatable bonds is 5. The summed E-state index contributed by atoms with van der Waals surface area (Å²) in [5.74, 6) is -0.00926. The summed E-state index contributed by atoms with van der Waals surface area (Å²) in [5.41, 5.74) is 0.516. The number of pyridine rings is 1. The van der Waals surface area contributed by atoms with Gasteiger partial charge in [-0.3, -0.25) is 0 Å². The number of aromatic nitrogens is 1. The summed E-state index contributed by atoms with van der Waals surface area (Å²) in [6.45, 7) is 6.12. The number of hydrogen-bond acceptors (Lipinski definition) is 4. The molecule has 0 aliphatic rings. The molecule has 0 amide bonds. The normalized spacial score (nSPS) is 11.3. The summed E-state index contributed by atoms with van der Waals surface area (Å²) in [5, 5.41) is 11.6. The minimum Gasteiger partial charge on any atom is -0.485 e. The third-order valence-corrected chi connectivity index (χ3v) is 3.65. The van der Waals surface area contributed by atoms with Crippen molar-refractivity contribution >= 4 is 21.7 Å². The lowest BCUT2D eigenvalue weighted by Gasteiger charge is -2.21. The fourth-order valence-corrected chi connectivity index (χ4v) is 1.25. The third kappa shape index (κ3) is 3.96. The predicted octanol–water partition coefficient (Wildman–Crippen LogP) is 3.10. The second-order valence-electron chi connectivity index (χ2n) is 4.62. The molecule has 1 aromatic rings. The van der Waals surface area contributed by atoms with Crippen molar-refractivity contribution in [2.75, 3.05) is 11.9 Å². The van der Waals surface area contributed by atoms with Gasteiger partial charge in [-0.15, -0.1) is 0 Å². The Kier molecular flexibility index (Phi) is 4.45. The Morgan fingerprint density at radius 2 is 2.18 bits per heavy atom. The molecule has 1 heterocycles. The van der Waals surface area contributed by atoms with Crippen LogP contribution in [-0.4, -0.2) is 21.8 Å². The maximum absolute atomic E-state index is 10.8. The molecule has 0 atom stereocenters. The van der Waals surface area contributed by atoms with Gasteiger partial charge in [-0.2, -0.15) is 0 Å². The Morgan fingerprint density at radius 1 is 1.53 bits per heavy atom. The minimum absolute atomic E-state index is 0.0846. The molecule has 17 heavy (non-hydrogen) atoms. The first-order chi connectivity index (χ1) is 7.85. The second-order valence-corrected chi connectivity index (χ2v) is 5.18.